The molecule has 1 aromatic heterocycles. The SMILES string of the molecule is CCCc1cc(C(=O)N[C@@H](Cc2ccccc2)C(N)=O)n[nH]1. The van der Waals surface area contributed by atoms with Crippen LogP contribution in [0.15, 0.2) is 36.4 Å². The Bertz CT molecular complexity index is 637. The summed E-state index contributed by atoms with van der Waals surface area (Å²) in [7, 11) is 0. The van der Waals surface area contributed by atoms with Gasteiger partial charge in [0.05, 0.1) is 0 Å². The molecule has 0 fully saturated rings. The van der Waals surface area contributed by atoms with Crippen molar-refractivity contribution in [2.24, 2.45) is 5.73 Å². The lowest BCUT2D eigenvalue weighted by Crippen LogP contribution is -2.46. The minimum absolute atomic E-state index is 0.266. The van der Waals surface area contributed by atoms with Crippen molar-refractivity contribution in [1.82, 2.24) is 15.5 Å². The van der Waals surface area contributed by atoms with E-state index in [2.05, 4.69) is 15.5 Å². The second-order valence-corrected chi connectivity index (χ2v) is 5.15. The molecule has 0 unspecified atom stereocenters. The predicted octanol–water partition coefficient (Wildman–Crippen LogP) is 1.19. The number of benzene rings is 1. The fourth-order valence-electron chi connectivity index (χ4n) is 2.18. The molecule has 0 aliphatic heterocycles. The molecule has 6 heteroatoms. The van der Waals surface area contributed by atoms with Gasteiger partial charge in [-0.2, -0.15) is 5.10 Å². The molecule has 1 atom stereocenters. The standard InChI is InChI=1S/C16H20N4O2/c1-2-6-12-10-14(20-19-12)16(22)18-13(15(17)21)9-11-7-4-3-5-8-11/h3-5,7-8,10,13H,2,6,9H2,1H3,(H2,17,21)(H,18,22)(H,19,20)/t13-/m0/s1. The second kappa shape index (κ2) is 7.40. The van der Waals surface area contributed by atoms with E-state index in [-0.39, 0.29) is 5.69 Å². The number of carbonyl (C=O) groups is 2. The maximum atomic E-state index is 12.2. The van der Waals surface area contributed by atoms with Gasteiger partial charge in [0.2, 0.25) is 5.91 Å². The van der Waals surface area contributed by atoms with Crippen LogP contribution in [0, 0.1) is 0 Å². The maximum absolute atomic E-state index is 12.2. The molecule has 0 spiro atoms. The maximum Gasteiger partial charge on any atom is 0.272 e. The summed E-state index contributed by atoms with van der Waals surface area (Å²) in [5.74, 6) is -0.972. The van der Waals surface area contributed by atoms with E-state index in [0.717, 1.165) is 24.1 Å². The minimum atomic E-state index is -0.763. The monoisotopic (exact) mass is 300 g/mol. The van der Waals surface area contributed by atoms with Crippen molar-refractivity contribution in [3.8, 4) is 0 Å². The van der Waals surface area contributed by atoms with Gasteiger partial charge in [0.1, 0.15) is 11.7 Å². The molecule has 2 rings (SSSR count). The molecular formula is C16H20N4O2. The van der Waals surface area contributed by atoms with E-state index in [1.807, 2.05) is 37.3 Å². The number of aromatic nitrogens is 2. The van der Waals surface area contributed by atoms with Crippen molar-refractivity contribution in [2.45, 2.75) is 32.2 Å². The second-order valence-electron chi connectivity index (χ2n) is 5.15. The number of nitrogens with zero attached hydrogens (tertiary/aromatic N) is 1. The summed E-state index contributed by atoms with van der Waals surface area (Å²) in [6.07, 6.45) is 2.14. The van der Waals surface area contributed by atoms with Crippen molar-refractivity contribution < 1.29 is 9.59 Å². The number of primary amides is 1. The van der Waals surface area contributed by atoms with Gasteiger partial charge in [-0.05, 0) is 18.1 Å². The van der Waals surface area contributed by atoms with Gasteiger partial charge in [0.25, 0.3) is 5.91 Å². The van der Waals surface area contributed by atoms with Crippen molar-refractivity contribution in [3.05, 3.63) is 53.3 Å². The molecular weight excluding hydrogens is 280 g/mol. The molecule has 0 saturated heterocycles. The van der Waals surface area contributed by atoms with Gasteiger partial charge in [-0.1, -0.05) is 43.7 Å². The highest BCUT2D eigenvalue weighted by Gasteiger charge is 2.20. The van der Waals surface area contributed by atoms with Crippen LogP contribution in [-0.4, -0.2) is 28.1 Å². The number of aryl methyl sites for hydroxylation is 1. The van der Waals surface area contributed by atoms with Crippen LogP contribution in [-0.2, 0) is 17.6 Å². The van der Waals surface area contributed by atoms with Crippen LogP contribution in [0.3, 0.4) is 0 Å². The fourth-order valence-corrected chi connectivity index (χ4v) is 2.18. The molecule has 2 amide bonds. The highest BCUT2D eigenvalue weighted by Crippen LogP contribution is 2.06. The summed E-state index contributed by atoms with van der Waals surface area (Å²) >= 11 is 0. The number of rotatable bonds is 7. The van der Waals surface area contributed by atoms with E-state index in [4.69, 9.17) is 5.73 Å². The van der Waals surface area contributed by atoms with E-state index < -0.39 is 17.9 Å². The Morgan fingerprint density at radius 2 is 2.05 bits per heavy atom. The molecule has 0 radical (unpaired) electrons. The molecule has 2 aromatic rings. The number of carbonyl (C=O) groups excluding carboxylic acids is 2. The smallest absolute Gasteiger partial charge is 0.272 e. The number of nitrogens with two attached hydrogens (primary N) is 1. The van der Waals surface area contributed by atoms with Gasteiger partial charge >= 0.3 is 0 Å². The van der Waals surface area contributed by atoms with Crippen molar-refractivity contribution in [3.63, 3.8) is 0 Å². The molecule has 116 valence electrons. The van der Waals surface area contributed by atoms with Crippen molar-refractivity contribution >= 4 is 11.8 Å². The molecule has 0 bridgehead atoms. The number of hydrogen-bond acceptors (Lipinski definition) is 3. The molecule has 0 aliphatic rings. The molecule has 22 heavy (non-hydrogen) atoms. The molecule has 0 saturated carbocycles. The van der Waals surface area contributed by atoms with E-state index in [1.165, 1.54) is 0 Å². The van der Waals surface area contributed by atoms with E-state index in [1.54, 1.807) is 6.07 Å². The third-order valence-corrected chi connectivity index (χ3v) is 3.31. The highest BCUT2D eigenvalue weighted by atomic mass is 16.2. The fraction of sp³-hybridized carbons (Fsp3) is 0.312. The van der Waals surface area contributed by atoms with Gasteiger partial charge in [-0.3, -0.25) is 14.7 Å². The number of aromatic amines is 1. The first-order valence-electron chi connectivity index (χ1n) is 7.28. The van der Waals surface area contributed by atoms with Crippen LogP contribution in [0.5, 0.6) is 0 Å². The van der Waals surface area contributed by atoms with Gasteiger partial charge < -0.3 is 11.1 Å². The lowest BCUT2D eigenvalue weighted by atomic mass is 10.1. The zero-order valence-electron chi connectivity index (χ0n) is 12.5. The van der Waals surface area contributed by atoms with Crippen molar-refractivity contribution in [1.29, 1.82) is 0 Å². The summed E-state index contributed by atoms with van der Waals surface area (Å²) < 4.78 is 0. The van der Waals surface area contributed by atoms with E-state index in [0.29, 0.717) is 6.42 Å². The molecule has 0 aliphatic carbocycles. The lowest BCUT2D eigenvalue weighted by Gasteiger charge is -2.14. The normalized spacial score (nSPS) is 11.9. The summed E-state index contributed by atoms with van der Waals surface area (Å²) in [4.78, 5) is 23.7. The lowest BCUT2D eigenvalue weighted by molar-refractivity contribution is -0.119. The average Bonchev–Trinajstić information content (AvgIpc) is 2.96. The topological polar surface area (TPSA) is 101 Å². The van der Waals surface area contributed by atoms with Crippen LogP contribution < -0.4 is 11.1 Å². The number of amides is 2. The van der Waals surface area contributed by atoms with Crippen molar-refractivity contribution in [2.75, 3.05) is 0 Å². The first kappa shape index (κ1) is 15.8. The quantitative estimate of drug-likeness (QED) is 0.716. The molecule has 1 aromatic carbocycles. The zero-order valence-corrected chi connectivity index (χ0v) is 12.5. The Morgan fingerprint density at radius 3 is 2.68 bits per heavy atom. The van der Waals surface area contributed by atoms with Gasteiger partial charge in [0, 0.05) is 12.1 Å². The Balaban J connectivity index is 2.03. The Labute approximate surface area is 129 Å². The molecule has 4 N–H and O–H groups in total. The average molecular weight is 300 g/mol. The first-order chi connectivity index (χ1) is 10.6. The summed E-state index contributed by atoms with van der Waals surface area (Å²) in [6, 6.07) is 10.3. The van der Waals surface area contributed by atoms with Gasteiger partial charge in [-0.25, -0.2) is 0 Å². The number of H-pyrrole nitrogens is 1. The molecule has 6 nitrogen and oxygen atoms in total. The number of nitrogens with one attached hydrogen (secondary N) is 2. The summed E-state index contributed by atoms with van der Waals surface area (Å²) in [5, 5.41) is 9.42. The Morgan fingerprint density at radius 1 is 1.32 bits per heavy atom. The predicted molar refractivity (Wildman–Crippen MR) is 83.2 cm³/mol. The Kier molecular flexibility index (Phi) is 5.30. The van der Waals surface area contributed by atoms with Crippen LogP contribution in [0.2, 0.25) is 0 Å². The van der Waals surface area contributed by atoms with E-state index >= 15 is 0 Å². The van der Waals surface area contributed by atoms with E-state index in [9.17, 15) is 9.59 Å². The highest BCUT2D eigenvalue weighted by molar-refractivity contribution is 5.95. The molecule has 1 heterocycles. The van der Waals surface area contributed by atoms with Gasteiger partial charge in [0.15, 0.2) is 0 Å². The Hall–Kier alpha value is -2.63. The van der Waals surface area contributed by atoms with Crippen LogP contribution in [0.4, 0.5) is 0 Å². The number of hydrogen-bond donors (Lipinski definition) is 3. The largest absolute Gasteiger partial charge is 0.368 e. The summed E-state index contributed by atoms with van der Waals surface area (Å²) in [5.41, 5.74) is 7.47. The summed E-state index contributed by atoms with van der Waals surface area (Å²) in [6.45, 7) is 2.05. The van der Waals surface area contributed by atoms with Crippen LogP contribution >= 0.6 is 0 Å². The minimum Gasteiger partial charge on any atom is -0.368 e. The van der Waals surface area contributed by atoms with Gasteiger partial charge in [-0.15, -0.1) is 0 Å². The first-order valence-corrected chi connectivity index (χ1v) is 7.28. The van der Waals surface area contributed by atoms with Crippen LogP contribution in [0.1, 0.15) is 35.1 Å². The van der Waals surface area contributed by atoms with Crippen LogP contribution in [0.25, 0.3) is 0 Å². The third-order valence-electron chi connectivity index (χ3n) is 3.31. The third kappa shape index (κ3) is 4.18. The zero-order chi connectivity index (χ0) is 15.9.